The maximum Gasteiger partial charge on any atom is 0.303 e. The molecule has 0 atom stereocenters. The summed E-state index contributed by atoms with van der Waals surface area (Å²) in [6.45, 7) is 0. The van der Waals surface area contributed by atoms with Gasteiger partial charge >= 0.3 is 5.97 Å². The minimum Gasteiger partial charge on any atom is -0.481 e. The third kappa shape index (κ3) is 6.99. The normalized spacial score (nSPS) is 13.7. The highest BCUT2D eigenvalue weighted by molar-refractivity contribution is 7.26. The Labute approximate surface area is 280 Å². The average Bonchev–Trinajstić information content (AvgIpc) is 3.44. The smallest absolute Gasteiger partial charge is 0.303 e. The van der Waals surface area contributed by atoms with Crippen LogP contribution in [0, 0.1) is 11.5 Å². The van der Waals surface area contributed by atoms with E-state index in [1.165, 1.54) is 49.0 Å². The summed E-state index contributed by atoms with van der Waals surface area (Å²) >= 11 is 0. The standard InChI is InChI=1S/C44H40O2Si/c45-40(46)33-21-4-2-1-3-5-22-34-47(39-31-19-10-20-32-39)43(37-27-15-8-16-28-37)41(35-23-11-6-12-24-35)42(36-25-13-7-14-26-36)44(47)38-29-17-9-18-30-38/h6-20,23-32H,1-5,21,33H2,(H,45,46). The molecule has 0 aromatic heterocycles. The monoisotopic (exact) mass is 628 g/mol. The second-order valence-corrected chi connectivity index (χ2v) is 15.4. The van der Waals surface area contributed by atoms with Crippen LogP contribution in [0.15, 0.2) is 152 Å². The van der Waals surface area contributed by atoms with Crippen LogP contribution in [-0.2, 0) is 4.79 Å². The number of carbonyl (C=O) groups is 1. The van der Waals surface area contributed by atoms with Gasteiger partial charge in [0.1, 0.15) is 0 Å². The zero-order chi connectivity index (χ0) is 32.3. The highest BCUT2D eigenvalue weighted by atomic mass is 28.3. The topological polar surface area (TPSA) is 37.3 Å². The summed E-state index contributed by atoms with van der Waals surface area (Å²) < 4.78 is 0. The molecule has 0 aliphatic carbocycles. The van der Waals surface area contributed by atoms with E-state index >= 15 is 0 Å². The lowest BCUT2D eigenvalue weighted by atomic mass is 9.89. The Morgan fingerprint density at radius 2 is 0.872 bits per heavy atom. The van der Waals surface area contributed by atoms with Crippen LogP contribution in [-0.4, -0.2) is 19.1 Å². The summed E-state index contributed by atoms with van der Waals surface area (Å²) in [6.07, 6.45) is 5.86. The molecule has 6 rings (SSSR count). The number of allylic oxidation sites excluding steroid dienone is 2. The van der Waals surface area contributed by atoms with Crippen LogP contribution >= 0.6 is 0 Å². The Morgan fingerprint density at radius 3 is 1.32 bits per heavy atom. The van der Waals surface area contributed by atoms with Gasteiger partial charge in [-0.3, -0.25) is 4.79 Å². The number of hydrogen-bond donors (Lipinski definition) is 1. The van der Waals surface area contributed by atoms with Gasteiger partial charge in [0.2, 0.25) is 8.07 Å². The van der Waals surface area contributed by atoms with Crippen LogP contribution in [0.5, 0.6) is 0 Å². The second-order valence-electron chi connectivity index (χ2n) is 12.0. The number of rotatable bonds is 12. The zero-order valence-electron chi connectivity index (χ0n) is 26.7. The van der Waals surface area contributed by atoms with Gasteiger partial charge in [-0.15, -0.1) is 11.5 Å². The van der Waals surface area contributed by atoms with Crippen molar-refractivity contribution in [2.24, 2.45) is 0 Å². The van der Waals surface area contributed by atoms with E-state index in [0.29, 0.717) is 0 Å². The highest BCUT2D eigenvalue weighted by Gasteiger charge is 2.51. The Kier molecular flexibility index (Phi) is 10.4. The van der Waals surface area contributed by atoms with Crippen molar-refractivity contribution in [2.75, 3.05) is 0 Å². The van der Waals surface area contributed by atoms with Gasteiger partial charge in [-0.25, -0.2) is 0 Å². The molecule has 0 radical (unpaired) electrons. The van der Waals surface area contributed by atoms with E-state index in [4.69, 9.17) is 5.11 Å². The molecule has 0 unspecified atom stereocenters. The maximum atomic E-state index is 10.9. The van der Waals surface area contributed by atoms with Crippen molar-refractivity contribution >= 4 is 40.8 Å². The van der Waals surface area contributed by atoms with Gasteiger partial charge in [-0.2, -0.15) is 0 Å². The molecule has 0 saturated heterocycles. The van der Waals surface area contributed by atoms with E-state index in [2.05, 4.69) is 163 Å². The number of carboxylic acids is 1. The van der Waals surface area contributed by atoms with E-state index in [1.54, 1.807) is 0 Å². The summed E-state index contributed by atoms with van der Waals surface area (Å²) in [7, 11) is -3.00. The molecule has 0 fully saturated rings. The van der Waals surface area contributed by atoms with Gasteiger partial charge in [0.05, 0.1) is 0 Å². The van der Waals surface area contributed by atoms with Crippen molar-refractivity contribution < 1.29 is 9.90 Å². The highest BCUT2D eigenvalue weighted by Crippen LogP contribution is 2.55. The van der Waals surface area contributed by atoms with Crippen LogP contribution in [0.2, 0.25) is 0 Å². The number of hydrogen-bond acceptors (Lipinski definition) is 1. The molecule has 0 saturated carbocycles. The fourth-order valence-corrected chi connectivity index (χ4v) is 11.6. The van der Waals surface area contributed by atoms with Crippen molar-refractivity contribution in [2.45, 2.75) is 44.9 Å². The summed E-state index contributed by atoms with van der Waals surface area (Å²) in [5.41, 5.74) is 11.5. The summed E-state index contributed by atoms with van der Waals surface area (Å²) in [6, 6.07) is 54.6. The van der Waals surface area contributed by atoms with Gasteiger partial charge in [-0.05, 0) is 61.8 Å². The maximum absolute atomic E-state index is 10.9. The van der Waals surface area contributed by atoms with Gasteiger partial charge < -0.3 is 5.11 Å². The molecule has 5 aromatic carbocycles. The molecule has 0 bridgehead atoms. The van der Waals surface area contributed by atoms with E-state index in [1.807, 2.05) is 0 Å². The molecule has 3 heteroatoms. The quantitative estimate of drug-likeness (QED) is 0.0848. The van der Waals surface area contributed by atoms with Crippen molar-refractivity contribution in [3.63, 3.8) is 0 Å². The molecule has 0 amide bonds. The SMILES string of the molecule is O=C(O)CCCCCCCC#C[Si]1(c2ccccc2)C(c2ccccc2)=C(c2ccccc2)C(c2ccccc2)=C1c1ccccc1. The molecule has 0 spiro atoms. The third-order valence-electron chi connectivity index (χ3n) is 8.92. The van der Waals surface area contributed by atoms with Crippen molar-refractivity contribution in [3.05, 3.63) is 174 Å². The van der Waals surface area contributed by atoms with Crippen LogP contribution < -0.4 is 5.19 Å². The van der Waals surface area contributed by atoms with E-state index < -0.39 is 14.0 Å². The Balaban J connectivity index is 1.61. The molecule has 47 heavy (non-hydrogen) atoms. The van der Waals surface area contributed by atoms with Crippen LogP contribution in [0.1, 0.15) is 67.2 Å². The summed E-state index contributed by atoms with van der Waals surface area (Å²) in [5.74, 6) is 3.06. The average molecular weight is 629 g/mol. The molecule has 5 aromatic rings. The van der Waals surface area contributed by atoms with E-state index in [-0.39, 0.29) is 6.42 Å². The first kappa shape index (κ1) is 31.8. The summed E-state index contributed by atoms with van der Waals surface area (Å²) in [5, 5.41) is 13.0. The van der Waals surface area contributed by atoms with E-state index in [9.17, 15) is 4.79 Å². The van der Waals surface area contributed by atoms with Gasteiger partial charge in [0.25, 0.3) is 0 Å². The first-order valence-corrected chi connectivity index (χ1v) is 18.7. The Morgan fingerprint density at radius 1 is 0.489 bits per heavy atom. The molecule has 232 valence electrons. The van der Waals surface area contributed by atoms with Gasteiger partial charge in [0, 0.05) is 12.8 Å². The van der Waals surface area contributed by atoms with Crippen molar-refractivity contribution in [1.29, 1.82) is 0 Å². The predicted octanol–water partition coefficient (Wildman–Crippen LogP) is 10.0. The number of carboxylic acid groups (broad SMARTS) is 1. The van der Waals surface area contributed by atoms with Crippen LogP contribution in [0.4, 0.5) is 0 Å². The molecule has 1 N–H and O–H groups in total. The molecular formula is C44H40O2Si. The van der Waals surface area contributed by atoms with Crippen LogP contribution in [0.25, 0.3) is 21.5 Å². The van der Waals surface area contributed by atoms with Crippen LogP contribution in [0.3, 0.4) is 0 Å². The fourth-order valence-electron chi connectivity index (χ4n) is 6.86. The largest absolute Gasteiger partial charge is 0.481 e. The predicted molar refractivity (Wildman–Crippen MR) is 199 cm³/mol. The lowest BCUT2D eigenvalue weighted by Crippen LogP contribution is -2.49. The van der Waals surface area contributed by atoms with Crippen molar-refractivity contribution in [3.8, 4) is 11.5 Å². The van der Waals surface area contributed by atoms with Gasteiger partial charge in [-0.1, -0.05) is 171 Å². The Bertz CT molecular complexity index is 1800. The Hall–Kier alpha value is -5.17. The minimum absolute atomic E-state index is 0.252. The molecular weight excluding hydrogens is 589 g/mol. The molecule has 2 nitrogen and oxygen atoms in total. The lowest BCUT2D eigenvalue weighted by Gasteiger charge is -2.30. The molecule has 1 heterocycles. The number of aliphatic carboxylic acids is 1. The first-order valence-electron chi connectivity index (χ1n) is 16.7. The van der Waals surface area contributed by atoms with Crippen molar-refractivity contribution in [1.82, 2.24) is 0 Å². The summed E-state index contributed by atoms with van der Waals surface area (Å²) in [4.78, 5) is 10.9. The zero-order valence-corrected chi connectivity index (χ0v) is 27.7. The number of unbranched alkanes of at least 4 members (excludes halogenated alkanes) is 5. The second kappa shape index (κ2) is 15.4. The molecule has 1 aliphatic heterocycles. The lowest BCUT2D eigenvalue weighted by molar-refractivity contribution is -0.137. The first-order chi connectivity index (χ1) is 23.2. The fraction of sp³-hybridized carbons (Fsp3) is 0.159. The van der Waals surface area contributed by atoms with E-state index in [0.717, 1.165) is 38.5 Å². The minimum atomic E-state index is -3.00. The van der Waals surface area contributed by atoms with Gasteiger partial charge in [0.15, 0.2) is 0 Å². The number of benzene rings is 5. The molecule has 1 aliphatic rings. The third-order valence-corrected chi connectivity index (χ3v) is 13.3.